The molecule has 0 atom stereocenters. The van der Waals surface area contributed by atoms with Crippen molar-refractivity contribution in [2.75, 3.05) is 33.3 Å². The molecule has 2 N–H and O–H groups in total. The monoisotopic (exact) mass is 242 g/mol. The van der Waals surface area contributed by atoms with Gasteiger partial charge in [-0.25, -0.2) is 0 Å². The van der Waals surface area contributed by atoms with Crippen LogP contribution in [0.1, 0.15) is 12.8 Å². The van der Waals surface area contributed by atoms with Crippen molar-refractivity contribution in [1.82, 2.24) is 10.2 Å². The first-order chi connectivity index (χ1) is 7.39. The van der Waals surface area contributed by atoms with Crippen LogP contribution >= 0.6 is 0 Å². The number of hydrogen-bond donors (Lipinski definition) is 2. The van der Waals surface area contributed by atoms with Crippen LogP contribution in [0.2, 0.25) is 0 Å². The molecule has 0 radical (unpaired) electrons. The Morgan fingerprint density at radius 1 is 1.38 bits per heavy atom. The first-order valence-electron chi connectivity index (χ1n) is 4.99. The van der Waals surface area contributed by atoms with Crippen molar-refractivity contribution < 1.29 is 23.1 Å². The van der Waals surface area contributed by atoms with Gasteiger partial charge in [0.1, 0.15) is 0 Å². The summed E-state index contributed by atoms with van der Waals surface area (Å²) in [6.07, 6.45) is -3.74. The van der Waals surface area contributed by atoms with E-state index in [1.807, 2.05) is 0 Å². The van der Waals surface area contributed by atoms with Crippen molar-refractivity contribution in [2.45, 2.75) is 19.0 Å². The molecular formula is C9H17F3N2O2. The van der Waals surface area contributed by atoms with Gasteiger partial charge in [-0.2, -0.15) is 13.2 Å². The summed E-state index contributed by atoms with van der Waals surface area (Å²) in [6.45, 7) is -1.27. The number of aliphatic hydroxyl groups is 1. The van der Waals surface area contributed by atoms with Crippen molar-refractivity contribution in [3.05, 3.63) is 0 Å². The van der Waals surface area contributed by atoms with Gasteiger partial charge in [-0.05, 0) is 13.0 Å². The van der Waals surface area contributed by atoms with E-state index in [1.54, 1.807) is 0 Å². The molecule has 96 valence electrons. The minimum atomic E-state index is -4.28. The maximum Gasteiger partial charge on any atom is 0.401 e. The quantitative estimate of drug-likeness (QED) is 0.678. The largest absolute Gasteiger partial charge is 0.401 e. The molecule has 1 amide bonds. The second-order valence-corrected chi connectivity index (χ2v) is 3.39. The maximum atomic E-state index is 12.1. The number of nitrogens with one attached hydrogen (secondary N) is 1. The molecule has 16 heavy (non-hydrogen) atoms. The summed E-state index contributed by atoms with van der Waals surface area (Å²) < 4.78 is 36.2. The van der Waals surface area contributed by atoms with Gasteiger partial charge in [-0.1, -0.05) is 0 Å². The van der Waals surface area contributed by atoms with Crippen molar-refractivity contribution >= 4 is 5.91 Å². The van der Waals surface area contributed by atoms with Gasteiger partial charge in [-0.3, -0.25) is 9.69 Å². The second-order valence-electron chi connectivity index (χ2n) is 3.39. The molecule has 0 fully saturated rings. The van der Waals surface area contributed by atoms with Gasteiger partial charge in [0.15, 0.2) is 0 Å². The van der Waals surface area contributed by atoms with Gasteiger partial charge in [-0.15, -0.1) is 0 Å². The molecule has 4 nitrogen and oxygen atoms in total. The number of carbonyl (C=O) groups is 1. The topological polar surface area (TPSA) is 52.6 Å². The van der Waals surface area contributed by atoms with Gasteiger partial charge in [0.25, 0.3) is 0 Å². The minimum Gasteiger partial charge on any atom is -0.395 e. The van der Waals surface area contributed by atoms with Crippen LogP contribution in [0.4, 0.5) is 13.2 Å². The number of aliphatic hydroxyl groups excluding tert-OH is 1. The first-order valence-corrected chi connectivity index (χ1v) is 4.99. The summed E-state index contributed by atoms with van der Waals surface area (Å²) in [4.78, 5) is 11.9. The fourth-order valence-electron chi connectivity index (χ4n) is 1.25. The van der Waals surface area contributed by atoms with Crippen LogP contribution in [0.5, 0.6) is 0 Å². The Morgan fingerprint density at radius 3 is 2.44 bits per heavy atom. The number of rotatable bonds is 7. The molecule has 7 heteroatoms. The van der Waals surface area contributed by atoms with Crippen LogP contribution in [0.25, 0.3) is 0 Å². The lowest BCUT2D eigenvalue weighted by molar-refractivity contribution is -0.146. The van der Waals surface area contributed by atoms with E-state index in [0.717, 1.165) is 4.90 Å². The third-order valence-electron chi connectivity index (χ3n) is 1.98. The average Bonchev–Trinajstić information content (AvgIpc) is 2.15. The van der Waals surface area contributed by atoms with Crippen LogP contribution in [0.3, 0.4) is 0 Å². The number of halogens is 3. The van der Waals surface area contributed by atoms with Gasteiger partial charge < -0.3 is 10.4 Å². The van der Waals surface area contributed by atoms with Crippen molar-refractivity contribution in [3.8, 4) is 0 Å². The molecule has 0 aromatic carbocycles. The summed E-state index contributed by atoms with van der Waals surface area (Å²) in [6, 6.07) is 0. The molecule has 0 aliphatic heterocycles. The second kappa shape index (κ2) is 7.45. The molecule has 0 saturated heterocycles. The number of amides is 1. The fourth-order valence-corrected chi connectivity index (χ4v) is 1.25. The van der Waals surface area contributed by atoms with Gasteiger partial charge in [0, 0.05) is 20.0 Å². The van der Waals surface area contributed by atoms with Gasteiger partial charge in [0.2, 0.25) is 5.91 Å². The highest BCUT2D eigenvalue weighted by Crippen LogP contribution is 2.16. The molecule has 0 aliphatic rings. The van der Waals surface area contributed by atoms with Crippen LogP contribution < -0.4 is 5.32 Å². The lowest BCUT2D eigenvalue weighted by Crippen LogP contribution is -2.37. The van der Waals surface area contributed by atoms with E-state index in [1.165, 1.54) is 7.05 Å². The van der Waals surface area contributed by atoms with E-state index < -0.39 is 12.7 Å². The molecule has 0 bridgehead atoms. The number of alkyl halides is 3. The van der Waals surface area contributed by atoms with E-state index in [2.05, 4.69) is 5.32 Å². The predicted molar refractivity (Wildman–Crippen MR) is 52.9 cm³/mol. The lowest BCUT2D eigenvalue weighted by Gasteiger charge is -2.22. The third-order valence-corrected chi connectivity index (χ3v) is 1.98. The number of nitrogens with zero attached hydrogens (tertiary/aromatic N) is 1. The zero-order valence-electron chi connectivity index (χ0n) is 9.18. The third kappa shape index (κ3) is 8.49. The highest BCUT2D eigenvalue weighted by molar-refractivity contribution is 5.75. The van der Waals surface area contributed by atoms with Crippen LogP contribution in [-0.2, 0) is 4.79 Å². The summed E-state index contributed by atoms with van der Waals surface area (Å²) in [7, 11) is 1.48. The number of hydrogen-bond acceptors (Lipinski definition) is 3. The summed E-state index contributed by atoms with van der Waals surface area (Å²) in [5, 5.41) is 11.0. The first kappa shape index (κ1) is 15.2. The predicted octanol–water partition coefficient (Wildman–Crippen LogP) is 0.369. The minimum absolute atomic E-state index is 0.0345. The fraction of sp³-hybridized carbons (Fsp3) is 0.889. The summed E-state index contributed by atoms with van der Waals surface area (Å²) in [5.41, 5.74) is 0. The normalized spacial score (nSPS) is 11.9. The molecule has 0 aliphatic carbocycles. The summed E-state index contributed by atoms with van der Waals surface area (Å²) in [5.74, 6) is -0.198. The Labute approximate surface area is 92.4 Å². The molecule has 0 heterocycles. The van der Waals surface area contributed by atoms with Crippen molar-refractivity contribution in [1.29, 1.82) is 0 Å². The van der Waals surface area contributed by atoms with E-state index in [0.29, 0.717) is 6.42 Å². The van der Waals surface area contributed by atoms with E-state index >= 15 is 0 Å². The maximum absolute atomic E-state index is 12.1. The van der Waals surface area contributed by atoms with E-state index in [9.17, 15) is 18.0 Å². The zero-order valence-corrected chi connectivity index (χ0v) is 9.18. The molecule has 0 saturated carbocycles. The Balaban J connectivity index is 3.89. The molecule has 0 unspecified atom stereocenters. The zero-order chi connectivity index (χ0) is 12.6. The van der Waals surface area contributed by atoms with Gasteiger partial charge in [0.05, 0.1) is 13.2 Å². The smallest absolute Gasteiger partial charge is 0.395 e. The lowest BCUT2D eigenvalue weighted by atomic mass is 10.2. The molecule has 0 aromatic heterocycles. The molecular weight excluding hydrogens is 225 g/mol. The molecule has 0 rings (SSSR count). The van der Waals surface area contributed by atoms with Crippen LogP contribution in [-0.4, -0.2) is 55.4 Å². The van der Waals surface area contributed by atoms with E-state index in [4.69, 9.17) is 5.11 Å². The highest BCUT2D eigenvalue weighted by Gasteiger charge is 2.30. The Hall–Kier alpha value is -0.820. The van der Waals surface area contributed by atoms with Gasteiger partial charge >= 0.3 is 6.18 Å². The van der Waals surface area contributed by atoms with E-state index in [-0.39, 0.29) is 32.0 Å². The summed E-state index contributed by atoms with van der Waals surface area (Å²) >= 11 is 0. The standard InChI is InChI=1S/C9H17F3N2O2/c1-13-8(16)3-2-4-14(5-6-15)7-9(10,11)12/h15H,2-7H2,1H3,(H,13,16). The van der Waals surface area contributed by atoms with Crippen molar-refractivity contribution in [3.63, 3.8) is 0 Å². The van der Waals surface area contributed by atoms with Crippen molar-refractivity contribution in [2.24, 2.45) is 0 Å². The Bertz CT molecular complexity index is 209. The molecule has 0 aromatic rings. The number of carbonyl (C=O) groups excluding carboxylic acids is 1. The Kier molecular flexibility index (Phi) is 7.07. The molecule has 0 spiro atoms. The van der Waals surface area contributed by atoms with Crippen LogP contribution in [0.15, 0.2) is 0 Å². The Morgan fingerprint density at radius 2 is 2.00 bits per heavy atom. The average molecular weight is 242 g/mol. The van der Waals surface area contributed by atoms with Crippen LogP contribution in [0, 0.1) is 0 Å². The highest BCUT2D eigenvalue weighted by atomic mass is 19.4. The SMILES string of the molecule is CNC(=O)CCCN(CCO)CC(F)(F)F.